The number of nitrogens with two attached hydrogens (primary N) is 1. The Kier molecular flexibility index (Phi) is 5.25. The lowest BCUT2D eigenvalue weighted by atomic mass is 10.0. The lowest BCUT2D eigenvalue weighted by molar-refractivity contribution is 0.281. The van der Waals surface area contributed by atoms with Gasteiger partial charge in [-0.3, -0.25) is 0 Å². The van der Waals surface area contributed by atoms with E-state index >= 15 is 0 Å². The second kappa shape index (κ2) is 7.15. The highest BCUT2D eigenvalue weighted by molar-refractivity contribution is 5.80. The van der Waals surface area contributed by atoms with Crippen LogP contribution in [0.3, 0.4) is 0 Å². The molecule has 0 unspecified atom stereocenters. The van der Waals surface area contributed by atoms with Crippen LogP contribution in [0.1, 0.15) is 12.5 Å². The summed E-state index contributed by atoms with van der Waals surface area (Å²) in [4.78, 5) is 1.93. The number of furan rings is 1. The third-order valence-corrected chi connectivity index (χ3v) is 3.47. The van der Waals surface area contributed by atoms with Crippen LogP contribution in [0.25, 0.3) is 11.3 Å². The molecule has 1 aromatic carbocycles. The van der Waals surface area contributed by atoms with E-state index in [4.69, 9.17) is 10.2 Å². The number of rotatable bonds is 7. The topological polar surface area (TPSA) is 82.9 Å². The van der Waals surface area contributed by atoms with Gasteiger partial charge in [0.05, 0.1) is 19.5 Å². The van der Waals surface area contributed by atoms with E-state index < -0.39 is 0 Å². The Morgan fingerprint density at radius 2 is 1.86 bits per heavy atom. The standard InChI is InChI=1S/C16H22N2O3/c1-2-12-5-10-21-16(12)14-11-13(17)3-4-15(14)18(6-8-19)7-9-20/h3-5,10-11,19-20H,2,6-9,17H2,1H3. The lowest BCUT2D eigenvalue weighted by Gasteiger charge is -2.25. The quantitative estimate of drug-likeness (QED) is 0.678. The van der Waals surface area contributed by atoms with Crippen LogP contribution in [0, 0.1) is 0 Å². The van der Waals surface area contributed by atoms with Crippen LogP contribution in [0.15, 0.2) is 34.9 Å². The van der Waals surface area contributed by atoms with Crippen LogP contribution in [0.2, 0.25) is 0 Å². The monoisotopic (exact) mass is 290 g/mol. The van der Waals surface area contributed by atoms with E-state index in [0.29, 0.717) is 18.8 Å². The molecule has 0 fully saturated rings. The summed E-state index contributed by atoms with van der Waals surface area (Å²) in [6.45, 7) is 2.99. The van der Waals surface area contributed by atoms with E-state index in [1.54, 1.807) is 6.26 Å². The van der Waals surface area contributed by atoms with Crippen molar-refractivity contribution in [3.63, 3.8) is 0 Å². The van der Waals surface area contributed by atoms with Crippen molar-refractivity contribution in [3.8, 4) is 11.3 Å². The van der Waals surface area contributed by atoms with E-state index in [1.807, 2.05) is 29.2 Å². The Labute approximate surface area is 124 Å². The Morgan fingerprint density at radius 1 is 1.14 bits per heavy atom. The van der Waals surface area contributed by atoms with E-state index in [9.17, 15) is 10.2 Å². The van der Waals surface area contributed by atoms with Crippen molar-refractivity contribution in [1.29, 1.82) is 0 Å². The zero-order valence-corrected chi connectivity index (χ0v) is 12.2. The zero-order chi connectivity index (χ0) is 15.2. The van der Waals surface area contributed by atoms with Gasteiger partial charge in [0.2, 0.25) is 0 Å². The summed E-state index contributed by atoms with van der Waals surface area (Å²) in [5.41, 5.74) is 9.46. The molecule has 4 N–H and O–H groups in total. The molecule has 2 aromatic rings. The van der Waals surface area contributed by atoms with Gasteiger partial charge >= 0.3 is 0 Å². The maximum atomic E-state index is 9.23. The van der Waals surface area contributed by atoms with Gasteiger partial charge in [-0.25, -0.2) is 0 Å². The van der Waals surface area contributed by atoms with Gasteiger partial charge in [0.1, 0.15) is 5.76 Å². The first-order valence-electron chi connectivity index (χ1n) is 7.14. The number of anilines is 2. The minimum Gasteiger partial charge on any atom is -0.464 e. The molecule has 0 aliphatic rings. The van der Waals surface area contributed by atoms with Crippen molar-refractivity contribution in [2.75, 3.05) is 36.9 Å². The second-order valence-corrected chi connectivity index (χ2v) is 4.84. The maximum absolute atomic E-state index is 9.23. The fourth-order valence-corrected chi connectivity index (χ4v) is 2.46. The summed E-state index contributed by atoms with van der Waals surface area (Å²) < 4.78 is 5.64. The molecule has 0 aliphatic heterocycles. The van der Waals surface area contributed by atoms with Gasteiger partial charge in [-0.1, -0.05) is 6.92 Å². The number of aliphatic hydroxyl groups excluding tert-OH is 2. The van der Waals surface area contributed by atoms with Crippen LogP contribution < -0.4 is 10.6 Å². The second-order valence-electron chi connectivity index (χ2n) is 4.84. The fourth-order valence-electron chi connectivity index (χ4n) is 2.46. The minimum atomic E-state index is 0.0165. The largest absolute Gasteiger partial charge is 0.464 e. The van der Waals surface area contributed by atoms with Crippen molar-refractivity contribution < 1.29 is 14.6 Å². The molecule has 5 heteroatoms. The molecule has 1 aromatic heterocycles. The highest BCUT2D eigenvalue weighted by atomic mass is 16.3. The summed E-state index contributed by atoms with van der Waals surface area (Å²) in [5, 5.41) is 18.5. The molecule has 0 amide bonds. The van der Waals surface area contributed by atoms with Crippen LogP contribution in [0.5, 0.6) is 0 Å². The normalized spacial score (nSPS) is 10.8. The molecular weight excluding hydrogens is 268 g/mol. The molecule has 0 saturated carbocycles. The number of nitrogen functional groups attached to an aromatic ring is 1. The summed E-state index contributed by atoms with van der Waals surface area (Å²) in [6.07, 6.45) is 2.53. The first kappa shape index (κ1) is 15.4. The number of hydrogen-bond acceptors (Lipinski definition) is 5. The molecule has 0 saturated heterocycles. The van der Waals surface area contributed by atoms with Crippen molar-refractivity contribution in [2.24, 2.45) is 0 Å². The molecule has 0 radical (unpaired) electrons. The van der Waals surface area contributed by atoms with Crippen LogP contribution in [-0.2, 0) is 6.42 Å². The summed E-state index contributed by atoms with van der Waals surface area (Å²) in [7, 11) is 0. The highest BCUT2D eigenvalue weighted by Gasteiger charge is 2.17. The predicted octanol–water partition coefficient (Wildman–Crippen LogP) is 1.88. The zero-order valence-electron chi connectivity index (χ0n) is 12.2. The Hall–Kier alpha value is -1.98. The van der Waals surface area contributed by atoms with E-state index in [2.05, 4.69) is 6.92 Å². The van der Waals surface area contributed by atoms with Crippen molar-refractivity contribution in [1.82, 2.24) is 0 Å². The first-order chi connectivity index (χ1) is 10.2. The molecule has 114 valence electrons. The van der Waals surface area contributed by atoms with Gasteiger partial charge in [-0.2, -0.15) is 0 Å². The summed E-state index contributed by atoms with van der Waals surface area (Å²) in [6, 6.07) is 7.53. The Balaban J connectivity index is 2.51. The third-order valence-electron chi connectivity index (χ3n) is 3.47. The van der Waals surface area contributed by atoms with E-state index in [1.165, 1.54) is 0 Å². The van der Waals surface area contributed by atoms with Crippen LogP contribution in [-0.4, -0.2) is 36.5 Å². The van der Waals surface area contributed by atoms with Gasteiger partial charge in [-0.05, 0) is 36.2 Å². The number of nitrogens with zero attached hydrogens (tertiary/aromatic N) is 1. The molecular formula is C16H22N2O3. The van der Waals surface area contributed by atoms with Crippen molar-refractivity contribution >= 4 is 11.4 Å². The summed E-state index contributed by atoms with van der Waals surface area (Å²) in [5.74, 6) is 0.792. The lowest BCUT2D eigenvalue weighted by Crippen LogP contribution is -2.30. The number of aliphatic hydroxyl groups is 2. The maximum Gasteiger partial charge on any atom is 0.139 e. The number of hydrogen-bond donors (Lipinski definition) is 3. The number of aryl methyl sites for hydroxylation is 1. The van der Waals surface area contributed by atoms with Crippen LogP contribution >= 0.6 is 0 Å². The van der Waals surface area contributed by atoms with Gasteiger partial charge < -0.3 is 25.3 Å². The van der Waals surface area contributed by atoms with E-state index in [0.717, 1.165) is 29.0 Å². The van der Waals surface area contributed by atoms with Gasteiger partial charge in [-0.15, -0.1) is 0 Å². The molecule has 21 heavy (non-hydrogen) atoms. The highest BCUT2D eigenvalue weighted by Crippen LogP contribution is 2.35. The average Bonchev–Trinajstić information content (AvgIpc) is 2.95. The third kappa shape index (κ3) is 3.37. The Bertz CT molecular complexity index is 575. The van der Waals surface area contributed by atoms with Crippen LogP contribution in [0.4, 0.5) is 11.4 Å². The minimum absolute atomic E-state index is 0.0165. The van der Waals surface area contributed by atoms with Gasteiger partial charge in [0.25, 0.3) is 0 Å². The van der Waals surface area contributed by atoms with Gasteiger partial charge in [0, 0.05) is 30.0 Å². The molecule has 5 nitrogen and oxygen atoms in total. The molecule has 0 bridgehead atoms. The molecule has 1 heterocycles. The van der Waals surface area contributed by atoms with Crippen molar-refractivity contribution in [2.45, 2.75) is 13.3 Å². The molecule has 0 aliphatic carbocycles. The van der Waals surface area contributed by atoms with Crippen molar-refractivity contribution in [3.05, 3.63) is 36.1 Å². The first-order valence-corrected chi connectivity index (χ1v) is 7.14. The van der Waals surface area contributed by atoms with Gasteiger partial charge in [0.15, 0.2) is 0 Å². The Morgan fingerprint density at radius 3 is 2.48 bits per heavy atom. The predicted molar refractivity (Wildman–Crippen MR) is 84.3 cm³/mol. The molecule has 0 spiro atoms. The number of benzene rings is 1. The SMILES string of the molecule is CCc1ccoc1-c1cc(N)ccc1N(CCO)CCO. The molecule has 2 rings (SSSR count). The van der Waals surface area contributed by atoms with E-state index in [-0.39, 0.29) is 13.2 Å². The molecule has 0 atom stereocenters. The fraction of sp³-hybridized carbons (Fsp3) is 0.375. The smallest absolute Gasteiger partial charge is 0.139 e. The average molecular weight is 290 g/mol. The summed E-state index contributed by atoms with van der Waals surface area (Å²) >= 11 is 0.